The predicted molar refractivity (Wildman–Crippen MR) is 132 cm³/mol. The molecule has 0 amide bonds. The molecule has 176 valence electrons. The van der Waals surface area contributed by atoms with Crippen molar-refractivity contribution < 1.29 is 4.74 Å². The molecule has 2 aromatic rings. The molecule has 0 spiro atoms. The predicted octanol–water partition coefficient (Wildman–Crippen LogP) is 5.40. The van der Waals surface area contributed by atoms with E-state index >= 15 is 0 Å². The fourth-order valence-electron chi connectivity index (χ4n) is 4.18. The minimum atomic E-state index is 0.566. The largest absolute Gasteiger partial charge is 0.375 e. The van der Waals surface area contributed by atoms with E-state index in [-0.39, 0.29) is 0 Å². The molecule has 1 fully saturated rings. The molecule has 1 aliphatic rings. The van der Waals surface area contributed by atoms with Crippen LogP contribution in [-0.4, -0.2) is 59.0 Å². The van der Waals surface area contributed by atoms with Gasteiger partial charge < -0.3 is 14.5 Å². The van der Waals surface area contributed by atoms with Crippen LogP contribution in [0.3, 0.4) is 0 Å². The van der Waals surface area contributed by atoms with Crippen LogP contribution < -0.4 is 4.90 Å². The normalized spacial score (nSPS) is 14.1. The summed E-state index contributed by atoms with van der Waals surface area (Å²) in [6.45, 7) is 15.6. The fourth-order valence-corrected chi connectivity index (χ4v) is 4.18. The van der Waals surface area contributed by atoms with Gasteiger partial charge in [-0.25, -0.2) is 4.98 Å². The molecular weight excluding hydrogens is 386 g/mol. The zero-order valence-corrected chi connectivity index (χ0v) is 20.7. The quantitative estimate of drug-likeness (QED) is 0.397. The van der Waals surface area contributed by atoms with Crippen molar-refractivity contribution in [3.8, 4) is 0 Å². The zero-order valence-electron chi connectivity index (χ0n) is 20.7. The molecule has 3 heterocycles. The Morgan fingerprint density at radius 1 is 1.03 bits per heavy atom. The Labute approximate surface area is 190 Å². The van der Waals surface area contributed by atoms with E-state index < -0.39 is 0 Å². The molecule has 31 heavy (non-hydrogen) atoms. The van der Waals surface area contributed by atoms with Gasteiger partial charge in [-0.1, -0.05) is 33.6 Å². The van der Waals surface area contributed by atoms with E-state index in [1.165, 1.54) is 58.2 Å². The van der Waals surface area contributed by atoms with Gasteiger partial charge in [-0.05, 0) is 70.8 Å². The summed E-state index contributed by atoms with van der Waals surface area (Å²) >= 11 is 0. The minimum Gasteiger partial charge on any atom is -0.375 e. The number of ether oxygens (including phenoxy) is 1. The number of unbranched alkanes of at least 4 members (excludes halogenated alkanes) is 3. The van der Waals surface area contributed by atoms with Gasteiger partial charge in [0.05, 0.1) is 12.3 Å². The summed E-state index contributed by atoms with van der Waals surface area (Å²) in [5.74, 6) is 1.05. The molecule has 0 unspecified atom stereocenters. The van der Waals surface area contributed by atoms with Gasteiger partial charge in [0.1, 0.15) is 5.82 Å². The first-order valence-electron chi connectivity index (χ1n) is 12.6. The summed E-state index contributed by atoms with van der Waals surface area (Å²) in [5.41, 5.74) is 1.94. The Bertz CT molecular complexity index is 739. The van der Waals surface area contributed by atoms with Crippen molar-refractivity contribution in [2.24, 2.45) is 7.05 Å². The summed E-state index contributed by atoms with van der Waals surface area (Å²) < 4.78 is 7.83. The third-order valence-corrected chi connectivity index (χ3v) is 5.94. The number of aromatic nitrogens is 3. The van der Waals surface area contributed by atoms with Gasteiger partial charge in [-0.2, -0.15) is 5.10 Å². The van der Waals surface area contributed by atoms with Crippen LogP contribution in [0.2, 0.25) is 0 Å². The van der Waals surface area contributed by atoms with Crippen molar-refractivity contribution in [3.63, 3.8) is 0 Å². The minimum absolute atomic E-state index is 0.566. The molecule has 0 atom stereocenters. The van der Waals surface area contributed by atoms with Crippen LogP contribution in [0.1, 0.15) is 78.3 Å². The van der Waals surface area contributed by atoms with Gasteiger partial charge in [0.25, 0.3) is 0 Å². The number of rotatable bonds is 13. The average Bonchev–Trinajstić information content (AvgIpc) is 3.43. The highest BCUT2D eigenvalue weighted by Gasteiger charge is 2.14. The van der Waals surface area contributed by atoms with E-state index in [0.29, 0.717) is 6.61 Å². The smallest absolute Gasteiger partial charge is 0.160 e. The van der Waals surface area contributed by atoms with Gasteiger partial charge in [0.15, 0.2) is 5.65 Å². The van der Waals surface area contributed by atoms with Crippen LogP contribution in [0, 0.1) is 0 Å². The molecule has 6 heteroatoms. The number of anilines is 1. The van der Waals surface area contributed by atoms with Crippen LogP contribution >= 0.6 is 0 Å². The van der Waals surface area contributed by atoms with Gasteiger partial charge in [-0.15, -0.1) is 0 Å². The van der Waals surface area contributed by atoms with Crippen LogP contribution in [0.25, 0.3) is 11.0 Å². The zero-order chi connectivity index (χ0) is 22.5. The number of aryl methyl sites for hydroxylation is 1. The second-order valence-corrected chi connectivity index (χ2v) is 8.21. The van der Waals surface area contributed by atoms with Crippen LogP contribution in [0.15, 0.2) is 12.1 Å². The Balaban J connectivity index is 0.00000166. The van der Waals surface area contributed by atoms with Crippen molar-refractivity contribution in [2.45, 2.75) is 79.2 Å². The van der Waals surface area contributed by atoms with Crippen LogP contribution in [0.5, 0.6) is 0 Å². The van der Waals surface area contributed by atoms with E-state index in [9.17, 15) is 0 Å². The highest BCUT2D eigenvalue weighted by atomic mass is 16.5. The van der Waals surface area contributed by atoms with Crippen molar-refractivity contribution >= 4 is 16.9 Å². The standard InChI is InChI=1S/C23H39N5O.C2H6/c1-4-6-7-17-28(5-2)22-13-12-20-21(25-26(3)23(20)24-22)19-29-18-11-10-16-27-14-8-9-15-27;1-2/h12-13H,4-11,14-19H2,1-3H3;1-2H3. The second kappa shape index (κ2) is 14.4. The van der Waals surface area contributed by atoms with E-state index in [1.54, 1.807) is 0 Å². The molecule has 0 bridgehead atoms. The lowest BCUT2D eigenvalue weighted by atomic mass is 10.2. The molecular formula is C25H45N5O. The maximum Gasteiger partial charge on any atom is 0.160 e. The molecule has 0 saturated carbocycles. The third kappa shape index (κ3) is 7.76. The first-order chi connectivity index (χ1) is 15.2. The number of likely N-dealkylation sites (tertiary alicyclic amines) is 1. The summed E-state index contributed by atoms with van der Waals surface area (Å²) in [5, 5.41) is 5.78. The maximum absolute atomic E-state index is 5.94. The third-order valence-electron chi connectivity index (χ3n) is 5.94. The van der Waals surface area contributed by atoms with Crippen molar-refractivity contribution in [1.82, 2.24) is 19.7 Å². The summed E-state index contributed by atoms with van der Waals surface area (Å²) in [6.07, 6.45) is 8.80. The maximum atomic E-state index is 5.94. The summed E-state index contributed by atoms with van der Waals surface area (Å²) in [7, 11) is 1.98. The SMILES string of the molecule is CC.CCCCCN(CC)c1ccc2c(COCCCCN3CCCC3)nn(C)c2n1. The Kier molecular flexibility index (Phi) is 11.9. The highest BCUT2D eigenvalue weighted by Crippen LogP contribution is 2.22. The van der Waals surface area contributed by atoms with Crippen LogP contribution in [0.4, 0.5) is 5.82 Å². The van der Waals surface area contributed by atoms with Gasteiger partial charge in [0.2, 0.25) is 0 Å². The summed E-state index contributed by atoms with van der Waals surface area (Å²) in [6, 6.07) is 4.30. The average molecular weight is 432 g/mol. The first-order valence-corrected chi connectivity index (χ1v) is 12.6. The molecule has 2 aromatic heterocycles. The number of fused-ring (bicyclic) bond motifs is 1. The number of pyridine rings is 1. The molecule has 0 aliphatic carbocycles. The molecule has 0 radical (unpaired) electrons. The fraction of sp³-hybridized carbons (Fsp3) is 0.760. The van der Waals surface area contributed by atoms with Crippen LogP contribution in [-0.2, 0) is 18.4 Å². The topological polar surface area (TPSA) is 46.4 Å². The molecule has 1 saturated heterocycles. The lowest BCUT2D eigenvalue weighted by Gasteiger charge is -2.21. The number of nitrogens with zero attached hydrogens (tertiary/aromatic N) is 5. The van der Waals surface area contributed by atoms with Gasteiger partial charge in [-0.3, -0.25) is 4.68 Å². The van der Waals surface area contributed by atoms with Gasteiger partial charge in [0, 0.05) is 32.1 Å². The van der Waals surface area contributed by atoms with Crippen molar-refractivity contribution in [3.05, 3.63) is 17.8 Å². The van der Waals surface area contributed by atoms with E-state index in [4.69, 9.17) is 9.72 Å². The van der Waals surface area contributed by atoms with Crippen molar-refractivity contribution in [1.29, 1.82) is 0 Å². The molecule has 0 aromatic carbocycles. The second-order valence-electron chi connectivity index (χ2n) is 8.21. The number of hydrogen-bond acceptors (Lipinski definition) is 5. The van der Waals surface area contributed by atoms with E-state index in [0.717, 1.165) is 48.7 Å². The summed E-state index contributed by atoms with van der Waals surface area (Å²) in [4.78, 5) is 9.84. The molecule has 1 aliphatic heterocycles. The van der Waals surface area contributed by atoms with Gasteiger partial charge >= 0.3 is 0 Å². The monoisotopic (exact) mass is 431 g/mol. The molecule has 6 nitrogen and oxygen atoms in total. The first kappa shape index (κ1) is 25.6. The van der Waals surface area contributed by atoms with E-state index in [1.807, 2.05) is 25.6 Å². The Morgan fingerprint density at radius 2 is 1.81 bits per heavy atom. The molecule has 0 N–H and O–H groups in total. The number of hydrogen-bond donors (Lipinski definition) is 0. The molecule has 3 rings (SSSR count). The lowest BCUT2D eigenvalue weighted by molar-refractivity contribution is 0.113. The van der Waals surface area contributed by atoms with E-state index in [2.05, 4.69) is 40.9 Å². The highest BCUT2D eigenvalue weighted by molar-refractivity contribution is 5.80. The van der Waals surface area contributed by atoms with Crippen molar-refractivity contribution in [2.75, 3.05) is 44.2 Å². The Morgan fingerprint density at radius 3 is 2.52 bits per heavy atom. The lowest BCUT2D eigenvalue weighted by Crippen LogP contribution is -2.24. The Hall–Kier alpha value is -1.66.